The molecule has 1 rings (SSSR count). The molecule has 0 atom stereocenters. The van der Waals surface area contributed by atoms with Gasteiger partial charge in [0.2, 0.25) is 0 Å². The number of benzene rings is 1. The number of anilines is 1. The molecule has 86 valence electrons. The number of hydrogen-bond donors (Lipinski definition) is 2. The van der Waals surface area contributed by atoms with E-state index in [0.717, 1.165) is 5.41 Å². The van der Waals surface area contributed by atoms with Crippen LogP contribution in [0.1, 0.15) is 5.56 Å². The molecule has 6 heteroatoms. The second-order valence-electron chi connectivity index (χ2n) is 3.00. The van der Waals surface area contributed by atoms with E-state index in [1.165, 1.54) is 0 Å². The first-order valence-corrected chi connectivity index (χ1v) is 6.01. The van der Waals surface area contributed by atoms with Crippen LogP contribution in [-0.4, -0.2) is 21.3 Å². The highest BCUT2D eigenvalue weighted by atomic mass is 32.2. The Labute approximate surface area is 94.7 Å². The van der Waals surface area contributed by atoms with Gasteiger partial charge in [-0.15, -0.1) is 0 Å². The van der Waals surface area contributed by atoms with Crippen molar-refractivity contribution in [1.29, 1.82) is 0 Å². The molecule has 0 radical (unpaired) electrons. The summed E-state index contributed by atoms with van der Waals surface area (Å²) in [7, 11) is -1.92. The molecule has 0 unspecified atom stereocenters. The predicted octanol–water partition coefficient (Wildman–Crippen LogP) is 0.907. The minimum atomic E-state index is -3.49. The van der Waals surface area contributed by atoms with Gasteiger partial charge in [-0.25, -0.2) is 8.42 Å². The van der Waals surface area contributed by atoms with E-state index in [0.29, 0.717) is 17.1 Å². The molecule has 0 bridgehead atoms. The lowest BCUT2D eigenvalue weighted by Gasteiger charge is -2.06. The molecule has 0 aliphatic heterocycles. The molecule has 0 saturated heterocycles. The topological polar surface area (TPSA) is 84.5 Å². The highest BCUT2D eigenvalue weighted by Gasteiger charge is 2.05. The van der Waals surface area contributed by atoms with Crippen LogP contribution >= 0.6 is 0 Å². The van der Waals surface area contributed by atoms with Crippen molar-refractivity contribution in [3.63, 3.8) is 0 Å². The molecule has 0 amide bonds. The number of rotatable bonds is 4. The van der Waals surface area contributed by atoms with E-state index in [2.05, 4.69) is 16.3 Å². The van der Waals surface area contributed by atoms with Gasteiger partial charge in [-0.05, 0) is 12.1 Å². The SMILES string of the molecule is C=CS(=O)(=O)Nc1cccc(C(N)=NC)c1. The summed E-state index contributed by atoms with van der Waals surface area (Å²) in [5, 5.41) is 0.844. The molecule has 0 aliphatic carbocycles. The van der Waals surface area contributed by atoms with Crippen LogP contribution < -0.4 is 10.5 Å². The summed E-state index contributed by atoms with van der Waals surface area (Å²) in [5.41, 5.74) is 6.69. The quantitative estimate of drug-likeness (QED) is 0.605. The maximum atomic E-state index is 11.2. The summed E-state index contributed by atoms with van der Waals surface area (Å²) in [6.07, 6.45) is 0. The Morgan fingerprint density at radius 3 is 2.81 bits per heavy atom. The minimum Gasteiger partial charge on any atom is -0.384 e. The molecule has 1 aromatic rings. The molecular formula is C10H13N3O2S. The lowest BCUT2D eigenvalue weighted by atomic mass is 10.2. The molecule has 0 spiro atoms. The van der Waals surface area contributed by atoms with Gasteiger partial charge in [-0.1, -0.05) is 18.7 Å². The Bertz CT molecular complexity index is 521. The fourth-order valence-corrected chi connectivity index (χ4v) is 1.62. The molecule has 0 aliphatic rings. The van der Waals surface area contributed by atoms with Crippen LogP contribution in [0.25, 0.3) is 0 Å². The smallest absolute Gasteiger partial charge is 0.254 e. The number of nitrogens with one attached hydrogen (secondary N) is 1. The van der Waals surface area contributed by atoms with E-state index in [1.54, 1.807) is 31.3 Å². The fourth-order valence-electron chi connectivity index (χ4n) is 1.08. The number of nitrogens with two attached hydrogens (primary N) is 1. The zero-order chi connectivity index (χ0) is 12.2. The van der Waals surface area contributed by atoms with Crippen molar-refractivity contribution >= 4 is 21.5 Å². The van der Waals surface area contributed by atoms with E-state index in [9.17, 15) is 8.42 Å². The summed E-state index contributed by atoms with van der Waals surface area (Å²) in [6, 6.07) is 6.65. The van der Waals surface area contributed by atoms with Crippen molar-refractivity contribution in [1.82, 2.24) is 0 Å². The number of amidine groups is 1. The Morgan fingerprint density at radius 1 is 1.56 bits per heavy atom. The summed E-state index contributed by atoms with van der Waals surface area (Å²) in [6.45, 7) is 3.20. The van der Waals surface area contributed by atoms with E-state index in [1.807, 2.05) is 0 Å². The molecule has 0 heterocycles. The maximum absolute atomic E-state index is 11.2. The number of nitrogens with zero attached hydrogens (tertiary/aromatic N) is 1. The average Bonchev–Trinajstić information content (AvgIpc) is 2.28. The van der Waals surface area contributed by atoms with Crippen molar-refractivity contribution in [3.05, 3.63) is 41.8 Å². The van der Waals surface area contributed by atoms with Crippen LogP contribution in [0.15, 0.2) is 41.2 Å². The largest absolute Gasteiger partial charge is 0.384 e. The molecule has 0 aromatic heterocycles. The van der Waals surface area contributed by atoms with Gasteiger partial charge in [0.15, 0.2) is 0 Å². The molecule has 5 nitrogen and oxygen atoms in total. The zero-order valence-electron chi connectivity index (χ0n) is 8.84. The molecule has 0 fully saturated rings. The van der Waals surface area contributed by atoms with E-state index in [4.69, 9.17) is 5.73 Å². The zero-order valence-corrected chi connectivity index (χ0v) is 9.66. The highest BCUT2D eigenvalue weighted by molar-refractivity contribution is 7.95. The second-order valence-corrected chi connectivity index (χ2v) is 4.63. The first-order valence-electron chi connectivity index (χ1n) is 4.46. The van der Waals surface area contributed by atoms with Crippen LogP contribution in [0.4, 0.5) is 5.69 Å². The Hall–Kier alpha value is -1.82. The van der Waals surface area contributed by atoms with E-state index < -0.39 is 10.0 Å². The van der Waals surface area contributed by atoms with E-state index >= 15 is 0 Å². The normalized spacial score (nSPS) is 12.2. The number of hydrogen-bond acceptors (Lipinski definition) is 3. The van der Waals surface area contributed by atoms with Gasteiger partial charge in [-0.3, -0.25) is 9.71 Å². The van der Waals surface area contributed by atoms with Crippen LogP contribution in [-0.2, 0) is 10.0 Å². The minimum absolute atomic E-state index is 0.347. The van der Waals surface area contributed by atoms with Crippen LogP contribution in [0.3, 0.4) is 0 Å². The first-order chi connectivity index (χ1) is 7.48. The van der Waals surface area contributed by atoms with Crippen LogP contribution in [0.2, 0.25) is 0 Å². The number of aliphatic imine (C=N–C) groups is 1. The summed E-state index contributed by atoms with van der Waals surface area (Å²) in [4.78, 5) is 3.81. The van der Waals surface area contributed by atoms with Gasteiger partial charge in [-0.2, -0.15) is 0 Å². The summed E-state index contributed by atoms with van der Waals surface area (Å²) in [5.74, 6) is 0.347. The maximum Gasteiger partial charge on any atom is 0.254 e. The first kappa shape index (κ1) is 12.3. The lowest BCUT2D eigenvalue weighted by molar-refractivity contribution is 0.609. The van der Waals surface area contributed by atoms with Crippen molar-refractivity contribution in [2.24, 2.45) is 10.7 Å². The monoisotopic (exact) mass is 239 g/mol. The van der Waals surface area contributed by atoms with Gasteiger partial charge >= 0.3 is 0 Å². The standard InChI is InChI=1S/C10H13N3O2S/c1-3-16(14,15)13-9-6-4-5-8(7-9)10(11)12-2/h3-7,13H,1H2,2H3,(H2,11,12). The Morgan fingerprint density at radius 2 is 2.25 bits per heavy atom. The van der Waals surface area contributed by atoms with Crippen molar-refractivity contribution in [2.75, 3.05) is 11.8 Å². The van der Waals surface area contributed by atoms with Crippen molar-refractivity contribution < 1.29 is 8.42 Å². The third kappa shape index (κ3) is 3.09. The van der Waals surface area contributed by atoms with Crippen LogP contribution in [0, 0.1) is 0 Å². The van der Waals surface area contributed by atoms with Gasteiger partial charge < -0.3 is 5.73 Å². The third-order valence-electron chi connectivity index (χ3n) is 1.88. The third-order valence-corrected chi connectivity index (χ3v) is 2.84. The average molecular weight is 239 g/mol. The van der Waals surface area contributed by atoms with Crippen molar-refractivity contribution in [3.8, 4) is 0 Å². The van der Waals surface area contributed by atoms with Gasteiger partial charge in [0.1, 0.15) is 5.84 Å². The molecule has 3 N–H and O–H groups in total. The van der Waals surface area contributed by atoms with Gasteiger partial charge in [0.25, 0.3) is 10.0 Å². The Balaban J connectivity index is 3.05. The molecule has 16 heavy (non-hydrogen) atoms. The highest BCUT2D eigenvalue weighted by Crippen LogP contribution is 2.12. The van der Waals surface area contributed by atoms with Crippen molar-refractivity contribution in [2.45, 2.75) is 0 Å². The van der Waals surface area contributed by atoms with Gasteiger partial charge in [0, 0.05) is 23.7 Å². The second kappa shape index (κ2) is 4.80. The fraction of sp³-hybridized carbons (Fsp3) is 0.100. The van der Waals surface area contributed by atoms with Crippen LogP contribution in [0.5, 0.6) is 0 Å². The molecule has 1 aromatic carbocycles. The summed E-state index contributed by atoms with van der Waals surface area (Å²) < 4.78 is 24.8. The predicted molar refractivity (Wildman–Crippen MR) is 65.8 cm³/mol. The summed E-state index contributed by atoms with van der Waals surface area (Å²) >= 11 is 0. The number of sulfonamides is 1. The van der Waals surface area contributed by atoms with E-state index in [-0.39, 0.29) is 0 Å². The Kier molecular flexibility index (Phi) is 3.68. The molecular weight excluding hydrogens is 226 g/mol. The molecule has 0 saturated carbocycles. The van der Waals surface area contributed by atoms with Gasteiger partial charge in [0.05, 0.1) is 0 Å². The lowest BCUT2D eigenvalue weighted by Crippen LogP contribution is -2.14.